The van der Waals surface area contributed by atoms with Crippen LogP contribution in [0.1, 0.15) is 12.5 Å². The number of hydrogen-bond acceptors (Lipinski definition) is 6. The standard InChI is InChI=1S/C18H25NO6/c1-3-9-23-18-15(19-12(2)21)17(16(22)14(10-20)25-18)24-11-13-7-5-4-6-8-13/h3-8,14-18,20,22H,1,9-11H2,2H3,(H,19,21). The lowest BCUT2D eigenvalue weighted by atomic mass is 9.96. The van der Waals surface area contributed by atoms with Gasteiger partial charge >= 0.3 is 0 Å². The fourth-order valence-electron chi connectivity index (χ4n) is 2.73. The maximum atomic E-state index is 11.6. The van der Waals surface area contributed by atoms with Crippen molar-refractivity contribution in [3.05, 3.63) is 48.6 Å². The Labute approximate surface area is 147 Å². The molecule has 1 aromatic carbocycles. The number of hydrogen-bond donors (Lipinski definition) is 3. The second-order valence-corrected chi connectivity index (χ2v) is 5.83. The van der Waals surface area contributed by atoms with Crippen LogP contribution >= 0.6 is 0 Å². The minimum absolute atomic E-state index is 0.195. The highest BCUT2D eigenvalue weighted by molar-refractivity contribution is 5.73. The van der Waals surface area contributed by atoms with Gasteiger partial charge in [0.1, 0.15) is 24.4 Å². The van der Waals surface area contributed by atoms with E-state index in [0.29, 0.717) is 0 Å². The third kappa shape index (κ3) is 5.35. The summed E-state index contributed by atoms with van der Waals surface area (Å²) in [6.45, 7) is 4.99. The average molecular weight is 351 g/mol. The summed E-state index contributed by atoms with van der Waals surface area (Å²) in [5.41, 5.74) is 0.923. The Hall–Kier alpha value is -1.77. The predicted octanol–water partition coefficient (Wildman–Crippen LogP) is 0.357. The molecular formula is C18H25NO6. The van der Waals surface area contributed by atoms with E-state index in [2.05, 4.69) is 11.9 Å². The second-order valence-electron chi connectivity index (χ2n) is 5.83. The van der Waals surface area contributed by atoms with Crippen molar-refractivity contribution in [3.63, 3.8) is 0 Å². The van der Waals surface area contributed by atoms with Crippen LogP contribution in [0.4, 0.5) is 0 Å². The van der Waals surface area contributed by atoms with Crippen LogP contribution < -0.4 is 5.32 Å². The Morgan fingerprint density at radius 2 is 2.08 bits per heavy atom. The number of aliphatic hydroxyl groups excluding tert-OH is 2. The van der Waals surface area contributed by atoms with Crippen LogP contribution in [-0.4, -0.2) is 60.0 Å². The van der Waals surface area contributed by atoms with Crippen LogP contribution in [-0.2, 0) is 25.6 Å². The van der Waals surface area contributed by atoms with Crippen molar-refractivity contribution in [3.8, 4) is 0 Å². The van der Waals surface area contributed by atoms with Crippen LogP contribution in [0.15, 0.2) is 43.0 Å². The lowest BCUT2D eigenvalue weighted by molar-refractivity contribution is -0.275. The molecule has 0 aromatic heterocycles. The first-order chi connectivity index (χ1) is 12.1. The van der Waals surface area contributed by atoms with Crippen molar-refractivity contribution < 1.29 is 29.2 Å². The Morgan fingerprint density at radius 1 is 1.36 bits per heavy atom. The smallest absolute Gasteiger partial charge is 0.217 e. The van der Waals surface area contributed by atoms with Crippen molar-refractivity contribution in [2.24, 2.45) is 0 Å². The van der Waals surface area contributed by atoms with Crippen LogP contribution in [0, 0.1) is 0 Å². The van der Waals surface area contributed by atoms with Gasteiger partial charge in [-0.15, -0.1) is 6.58 Å². The highest BCUT2D eigenvalue weighted by Crippen LogP contribution is 2.25. The average Bonchev–Trinajstić information content (AvgIpc) is 2.61. The number of ether oxygens (including phenoxy) is 3. The molecule has 1 amide bonds. The maximum absolute atomic E-state index is 11.6. The maximum Gasteiger partial charge on any atom is 0.217 e. The third-order valence-electron chi connectivity index (χ3n) is 3.89. The molecular weight excluding hydrogens is 326 g/mol. The summed E-state index contributed by atoms with van der Waals surface area (Å²) in [6, 6.07) is 8.74. The van der Waals surface area contributed by atoms with Gasteiger partial charge in [-0.3, -0.25) is 4.79 Å². The molecule has 0 aliphatic carbocycles. The van der Waals surface area contributed by atoms with Gasteiger partial charge in [0, 0.05) is 6.92 Å². The molecule has 25 heavy (non-hydrogen) atoms. The molecule has 2 rings (SSSR count). The van der Waals surface area contributed by atoms with E-state index in [1.54, 1.807) is 6.08 Å². The number of nitrogens with one attached hydrogen (secondary N) is 1. The summed E-state index contributed by atoms with van der Waals surface area (Å²) >= 11 is 0. The Balaban J connectivity index is 2.17. The molecule has 5 unspecified atom stereocenters. The topological polar surface area (TPSA) is 97.2 Å². The number of carbonyl (C=O) groups excluding carboxylic acids is 1. The highest BCUT2D eigenvalue weighted by Gasteiger charge is 2.46. The zero-order chi connectivity index (χ0) is 18.2. The van der Waals surface area contributed by atoms with E-state index in [0.717, 1.165) is 5.56 Å². The Morgan fingerprint density at radius 3 is 2.68 bits per heavy atom. The summed E-state index contributed by atoms with van der Waals surface area (Å²) < 4.78 is 17.0. The number of benzene rings is 1. The van der Waals surface area contributed by atoms with Crippen LogP contribution in [0.3, 0.4) is 0 Å². The van der Waals surface area contributed by atoms with Gasteiger partial charge in [-0.05, 0) is 5.56 Å². The van der Waals surface area contributed by atoms with Crippen molar-refractivity contribution >= 4 is 5.91 Å². The molecule has 0 saturated carbocycles. The van der Waals surface area contributed by atoms with Gasteiger partial charge in [-0.2, -0.15) is 0 Å². The van der Waals surface area contributed by atoms with Crippen LogP contribution in [0.5, 0.6) is 0 Å². The number of amides is 1. The molecule has 1 fully saturated rings. The van der Waals surface area contributed by atoms with Crippen molar-refractivity contribution in [1.82, 2.24) is 5.32 Å². The second kappa shape index (κ2) is 9.65. The fraction of sp³-hybridized carbons (Fsp3) is 0.500. The largest absolute Gasteiger partial charge is 0.394 e. The fourth-order valence-corrected chi connectivity index (χ4v) is 2.73. The summed E-state index contributed by atoms with van der Waals surface area (Å²) in [4.78, 5) is 11.6. The van der Waals surface area contributed by atoms with Crippen LogP contribution in [0.2, 0.25) is 0 Å². The van der Waals surface area contributed by atoms with Gasteiger partial charge in [0.15, 0.2) is 6.29 Å². The Bertz CT molecular complexity index is 552. The van der Waals surface area contributed by atoms with Gasteiger partial charge in [-0.25, -0.2) is 0 Å². The minimum atomic E-state index is -1.12. The molecule has 1 heterocycles. The molecule has 1 aliphatic heterocycles. The lowest BCUT2D eigenvalue weighted by Crippen LogP contribution is -2.65. The molecule has 1 aliphatic rings. The molecule has 0 bridgehead atoms. The molecule has 0 spiro atoms. The van der Waals surface area contributed by atoms with Crippen molar-refractivity contribution in [1.29, 1.82) is 0 Å². The van der Waals surface area contributed by atoms with E-state index in [-0.39, 0.29) is 19.1 Å². The van der Waals surface area contributed by atoms with Gasteiger partial charge in [0.2, 0.25) is 5.91 Å². The molecule has 7 heteroatoms. The van der Waals surface area contributed by atoms with Crippen molar-refractivity contribution in [2.75, 3.05) is 13.2 Å². The minimum Gasteiger partial charge on any atom is -0.394 e. The van der Waals surface area contributed by atoms with Gasteiger partial charge in [-0.1, -0.05) is 36.4 Å². The van der Waals surface area contributed by atoms with E-state index in [1.165, 1.54) is 6.92 Å². The molecule has 1 saturated heterocycles. The molecule has 3 N–H and O–H groups in total. The van der Waals surface area contributed by atoms with E-state index < -0.39 is 37.3 Å². The van der Waals surface area contributed by atoms with Crippen molar-refractivity contribution in [2.45, 2.75) is 44.2 Å². The molecule has 0 radical (unpaired) electrons. The summed E-state index contributed by atoms with van der Waals surface area (Å²) in [6.07, 6.45) is -2.12. The third-order valence-corrected chi connectivity index (χ3v) is 3.89. The first-order valence-corrected chi connectivity index (χ1v) is 8.16. The first-order valence-electron chi connectivity index (χ1n) is 8.16. The summed E-state index contributed by atoms with van der Waals surface area (Å²) in [5, 5.41) is 22.7. The van der Waals surface area contributed by atoms with E-state index in [9.17, 15) is 15.0 Å². The van der Waals surface area contributed by atoms with Crippen LogP contribution in [0.25, 0.3) is 0 Å². The predicted molar refractivity (Wildman–Crippen MR) is 90.5 cm³/mol. The van der Waals surface area contributed by atoms with Gasteiger partial charge < -0.3 is 29.7 Å². The number of rotatable bonds is 8. The molecule has 5 atom stereocenters. The normalized spacial score (nSPS) is 29.2. The first kappa shape index (κ1) is 19.6. The van der Waals surface area contributed by atoms with Gasteiger partial charge in [0.25, 0.3) is 0 Å². The molecule has 1 aromatic rings. The monoisotopic (exact) mass is 351 g/mol. The quantitative estimate of drug-likeness (QED) is 0.585. The molecule has 138 valence electrons. The van der Waals surface area contributed by atoms with E-state index in [4.69, 9.17) is 14.2 Å². The Kier molecular flexibility index (Phi) is 7.54. The van der Waals surface area contributed by atoms with E-state index >= 15 is 0 Å². The number of carbonyl (C=O) groups is 1. The zero-order valence-corrected chi connectivity index (χ0v) is 14.2. The van der Waals surface area contributed by atoms with Gasteiger partial charge in [0.05, 0.1) is 19.8 Å². The zero-order valence-electron chi connectivity index (χ0n) is 14.2. The van der Waals surface area contributed by atoms with E-state index in [1.807, 2.05) is 30.3 Å². The lowest BCUT2D eigenvalue weighted by Gasteiger charge is -2.44. The summed E-state index contributed by atoms with van der Waals surface area (Å²) in [7, 11) is 0. The molecule has 7 nitrogen and oxygen atoms in total. The number of aliphatic hydroxyl groups is 2. The highest BCUT2D eigenvalue weighted by atomic mass is 16.7. The summed E-state index contributed by atoms with van der Waals surface area (Å²) in [5.74, 6) is -0.302. The SMILES string of the molecule is C=CCOC1OC(CO)C(O)C(OCc2ccccc2)C1NC(C)=O.